The van der Waals surface area contributed by atoms with Gasteiger partial charge in [0.25, 0.3) is 9.04 Å². The first kappa shape index (κ1) is 27.2. The van der Waals surface area contributed by atoms with E-state index in [1.165, 1.54) is 16.5 Å². The van der Waals surface area contributed by atoms with Crippen LogP contribution in [-0.2, 0) is 14.6 Å². The largest absolute Gasteiger partial charge is 0.405 e. The lowest BCUT2D eigenvalue weighted by molar-refractivity contribution is -0.0745. The van der Waals surface area contributed by atoms with Gasteiger partial charge in [-0.05, 0) is 21.4 Å². The van der Waals surface area contributed by atoms with Gasteiger partial charge in [0.05, 0.1) is 25.6 Å². The number of alkyl halides is 1. The molecule has 2 aromatic heterocycles. The van der Waals surface area contributed by atoms with E-state index in [1.807, 2.05) is 18.2 Å². The number of imidazole rings is 1. The molecule has 3 unspecified atom stereocenters. The second-order valence-electron chi connectivity index (χ2n) is 10.8. The molecule has 4 aromatic rings. The Bertz CT molecular complexity index is 1430. The highest BCUT2D eigenvalue weighted by molar-refractivity contribution is 6.80. The molecular formula is C28H34FN6O3Si. The zero-order chi connectivity index (χ0) is 27.8. The standard InChI is InChI=1S/C28H34FN6O3Si/c1-27(2,3)18-10-12-21(13-11-18)39(20-8-6-5-7-9-20)37-15-19-14-28(29,16-36)25(38-19)35-17-32-22-23(31-4)33-26(30)34-24(22)35/h5-13,17,19,25,36H,14-16H2,1-4H3,(H3,30,31,33,34). The van der Waals surface area contributed by atoms with Crippen LogP contribution in [0.2, 0.25) is 0 Å². The molecule has 3 heterocycles. The van der Waals surface area contributed by atoms with Crippen molar-refractivity contribution in [2.24, 2.45) is 0 Å². The number of ether oxygens (including phenoxy) is 1. The third-order valence-electron chi connectivity index (χ3n) is 6.98. The zero-order valence-corrected chi connectivity index (χ0v) is 23.6. The third kappa shape index (κ3) is 5.40. The number of benzene rings is 2. The molecule has 3 atom stereocenters. The number of nitrogen functional groups attached to an aromatic ring is 1. The Morgan fingerprint density at radius 2 is 1.85 bits per heavy atom. The van der Waals surface area contributed by atoms with Crippen molar-refractivity contribution in [1.29, 1.82) is 0 Å². The van der Waals surface area contributed by atoms with E-state index >= 15 is 4.39 Å². The van der Waals surface area contributed by atoms with Gasteiger partial charge < -0.3 is 25.3 Å². The molecule has 205 valence electrons. The lowest BCUT2D eigenvalue weighted by Gasteiger charge is -2.24. The Kier molecular flexibility index (Phi) is 7.42. The summed E-state index contributed by atoms with van der Waals surface area (Å²) in [5.74, 6) is 0.447. The molecule has 0 spiro atoms. The highest BCUT2D eigenvalue weighted by atomic mass is 28.3. The van der Waals surface area contributed by atoms with Crippen LogP contribution in [0.1, 0.15) is 39.0 Å². The van der Waals surface area contributed by atoms with Gasteiger partial charge >= 0.3 is 0 Å². The number of rotatable bonds is 8. The number of halogens is 1. The molecule has 5 rings (SSSR count). The number of hydrogen-bond donors (Lipinski definition) is 3. The third-order valence-corrected chi connectivity index (χ3v) is 9.16. The molecule has 1 aliphatic rings. The summed E-state index contributed by atoms with van der Waals surface area (Å²) in [6.45, 7) is 5.99. The number of aliphatic hydroxyl groups excluding tert-OH is 1. The van der Waals surface area contributed by atoms with Crippen LogP contribution in [-0.4, -0.2) is 65.7 Å². The lowest BCUT2D eigenvalue weighted by Crippen LogP contribution is -2.46. The van der Waals surface area contributed by atoms with Gasteiger partial charge in [-0.2, -0.15) is 9.97 Å². The number of aromatic nitrogens is 4. The number of nitrogens with one attached hydrogen (secondary N) is 1. The molecule has 1 fully saturated rings. The summed E-state index contributed by atoms with van der Waals surface area (Å²) in [5.41, 5.74) is 5.85. The first-order valence-corrected chi connectivity index (χ1v) is 14.3. The SMILES string of the molecule is CNc1nc(N)nc2c1ncn2C1OC(CO[Si](c2ccccc2)c2ccc(C(C)(C)C)cc2)CC1(F)CO. The van der Waals surface area contributed by atoms with Crippen LogP contribution >= 0.6 is 0 Å². The molecule has 11 heteroatoms. The van der Waals surface area contributed by atoms with Crippen LogP contribution in [0.5, 0.6) is 0 Å². The minimum Gasteiger partial charge on any atom is -0.405 e. The molecule has 2 aromatic carbocycles. The van der Waals surface area contributed by atoms with Crippen molar-refractivity contribution in [2.75, 3.05) is 31.3 Å². The van der Waals surface area contributed by atoms with Crippen LogP contribution < -0.4 is 21.4 Å². The molecule has 0 aliphatic carbocycles. The van der Waals surface area contributed by atoms with Crippen molar-refractivity contribution in [3.63, 3.8) is 0 Å². The fraction of sp³-hybridized carbons (Fsp3) is 0.393. The fourth-order valence-electron chi connectivity index (χ4n) is 4.89. The number of nitrogens with zero attached hydrogens (tertiary/aromatic N) is 4. The van der Waals surface area contributed by atoms with E-state index in [2.05, 4.69) is 77.4 Å². The number of fused-ring (bicyclic) bond motifs is 1. The first-order chi connectivity index (χ1) is 18.6. The van der Waals surface area contributed by atoms with Crippen molar-refractivity contribution in [3.05, 3.63) is 66.5 Å². The highest BCUT2D eigenvalue weighted by Crippen LogP contribution is 2.42. The lowest BCUT2D eigenvalue weighted by atomic mass is 9.87. The number of hydrogen-bond acceptors (Lipinski definition) is 8. The second kappa shape index (κ2) is 10.6. The first-order valence-electron chi connectivity index (χ1n) is 12.9. The van der Waals surface area contributed by atoms with Crippen LogP contribution in [0, 0.1) is 0 Å². The summed E-state index contributed by atoms with van der Waals surface area (Å²) >= 11 is 0. The molecule has 39 heavy (non-hydrogen) atoms. The van der Waals surface area contributed by atoms with Crippen molar-refractivity contribution in [1.82, 2.24) is 19.5 Å². The van der Waals surface area contributed by atoms with Gasteiger partial charge in [-0.15, -0.1) is 0 Å². The summed E-state index contributed by atoms with van der Waals surface area (Å²) in [6, 6.07) is 18.6. The number of nitrogens with two attached hydrogens (primary N) is 1. The van der Waals surface area contributed by atoms with E-state index in [1.54, 1.807) is 7.05 Å². The Hall–Kier alpha value is -3.38. The summed E-state index contributed by atoms with van der Waals surface area (Å²) in [7, 11) is 0.0495. The van der Waals surface area contributed by atoms with Gasteiger partial charge in [-0.3, -0.25) is 4.57 Å². The predicted molar refractivity (Wildman–Crippen MR) is 151 cm³/mol. The number of anilines is 2. The van der Waals surface area contributed by atoms with E-state index in [-0.39, 0.29) is 24.4 Å². The Morgan fingerprint density at radius 3 is 2.49 bits per heavy atom. The van der Waals surface area contributed by atoms with Crippen molar-refractivity contribution in [3.8, 4) is 0 Å². The molecule has 0 saturated carbocycles. The summed E-state index contributed by atoms with van der Waals surface area (Å²) in [6.07, 6.45) is -0.350. The minimum atomic E-state index is -2.06. The molecule has 9 nitrogen and oxygen atoms in total. The summed E-state index contributed by atoms with van der Waals surface area (Å²) < 4.78 is 30.3. The molecule has 1 aliphatic heterocycles. The highest BCUT2D eigenvalue weighted by Gasteiger charge is 2.51. The van der Waals surface area contributed by atoms with Gasteiger partial charge in [0, 0.05) is 13.5 Å². The van der Waals surface area contributed by atoms with E-state index in [0.717, 1.165) is 10.4 Å². The Balaban J connectivity index is 1.40. The average Bonchev–Trinajstić information content (AvgIpc) is 3.49. The predicted octanol–water partition coefficient (Wildman–Crippen LogP) is 2.56. The van der Waals surface area contributed by atoms with Crippen LogP contribution in [0.15, 0.2) is 60.9 Å². The molecule has 0 bridgehead atoms. The minimum absolute atomic E-state index is 0.0209. The monoisotopic (exact) mass is 549 g/mol. The van der Waals surface area contributed by atoms with E-state index in [9.17, 15) is 5.11 Å². The van der Waals surface area contributed by atoms with Crippen LogP contribution in [0.3, 0.4) is 0 Å². The normalized spacial score (nSPS) is 21.6. The van der Waals surface area contributed by atoms with Gasteiger partial charge in [-0.25, -0.2) is 9.37 Å². The Labute approximate surface area is 228 Å². The second-order valence-corrected chi connectivity index (χ2v) is 12.9. The van der Waals surface area contributed by atoms with Gasteiger partial charge in [0.1, 0.15) is 0 Å². The van der Waals surface area contributed by atoms with Gasteiger partial charge in [-0.1, -0.05) is 75.4 Å². The topological polar surface area (TPSA) is 120 Å². The van der Waals surface area contributed by atoms with E-state index in [0.29, 0.717) is 17.0 Å². The van der Waals surface area contributed by atoms with Crippen molar-refractivity contribution >= 4 is 42.3 Å². The quantitative estimate of drug-likeness (QED) is 0.287. The van der Waals surface area contributed by atoms with Crippen molar-refractivity contribution < 1.29 is 18.7 Å². The van der Waals surface area contributed by atoms with Crippen LogP contribution in [0.4, 0.5) is 16.2 Å². The van der Waals surface area contributed by atoms with E-state index in [4.69, 9.17) is 14.9 Å². The van der Waals surface area contributed by atoms with Crippen molar-refractivity contribution in [2.45, 2.75) is 50.6 Å². The molecule has 0 amide bonds. The fourth-order valence-corrected chi connectivity index (χ4v) is 6.87. The molecule has 1 radical (unpaired) electrons. The average molecular weight is 550 g/mol. The molecular weight excluding hydrogens is 515 g/mol. The zero-order valence-electron chi connectivity index (χ0n) is 22.6. The summed E-state index contributed by atoms with van der Waals surface area (Å²) in [5, 5.41) is 15.2. The number of aliphatic hydroxyl groups is 1. The van der Waals surface area contributed by atoms with Gasteiger partial charge in [0.15, 0.2) is 28.9 Å². The molecule has 1 saturated heterocycles. The maximum absolute atomic E-state index is 16.1. The smallest absolute Gasteiger partial charge is 0.283 e. The Morgan fingerprint density at radius 1 is 1.15 bits per heavy atom. The molecule has 4 N–H and O–H groups in total. The van der Waals surface area contributed by atoms with Gasteiger partial charge in [0.2, 0.25) is 5.95 Å². The van der Waals surface area contributed by atoms with E-state index < -0.39 is 33.6 Å². The maximum atomic E-state index is 16.1. The van der Waals surface area contributed by atoms with Crippen LogP contribution in [0.25, 0.3) is 11.2 Å². The summed E-state index contributed by atoms with van der Waals surface area (Å²) in [4.78, 5) is 12.7. The maximum Gasteiger partial charge on any atom is 0.283 e.